The largest absolute Gasteiger partial charge is 0.460 e. The van der Waals surface area contributed by atoms with Gasteiger partial charge in [-0.15, -0.1) is 0 Å². The van der Waals surface area contributed by atoms with Crippen molar-refractivity contribution in [3.05, 3.63) is 11.6 Å². The van der Waals surface area contributed by atoms with Gasteiger partial charge < -0.3 is 34.9 Å². The highest BCUT2D eigenvalue weighted by molar-refractivity contribution is 6.39. The molecule has 14 heteroatoms. The minimum absolute atomic E-state index is 0.0221. The maximum atomic E-state index is 13.1. The second-order valence-corrected chi connectivity index (χ2v) is 13.5. The number of nitrogens with one attached hydrogen (secondary N) is 4. The Morgan fingerprint density at radius 2 is 1.65 bits per heavy atom. The molecule has 46 heavy (non-hydrogen) atoms. The molecule has 0 bridgehead atoms. The Bertz CT molecular complexity index is 1160. The molecule has 6 N–H and O–H groups in total. The van der Waals surface area contributed by atoms with E-state index in [4.69, 9.17) is 24.8 Å². The number of hydrogen-bond acceptors (Lipinski definition) is 12. The summed E-state index contributed by atoms with van der Waals surface area (Å²) in [7, 11) is 1.67. The van der Waals surface area contributed by atoms with Gasteiger partial charge in [-0.1, -0.05) is 11.6 Å². The number of hydrogen-bond donors (Lipinski definition) is 5. The van der Waals surface area contributed by atoms with Crippen LogP contribution in [-0.2, 0) is 42.9 Å². The third-order valence-electron chi connectivity index (χ3n) is 9.78. The summed E-state index contributed by atoms with van der Waals surface area (Å²) >= 11 is 0. The smallest absolute Gasteiger partial charge is 0.306 e. The van der Waals surface area contributed by atoms with Crippen molar-refractivity contribution >= 4 is 29.4 Å². The van der Waals surface area contributed by atoms with E-state index in [9.17, 15) is 24.0 Å². The van der Waals surface area contributed by atoms with Gasteiger partial charge in [0.1, 0.15) is 23.4 Å². The second-order valence-electron chi connectivity index (χ2n) is 13.5. The molecule has 0 radical (unpaired) electrons. The summed E-state index contributed by atoms with van der Waals surface area (Å²) in [6.07, 6.45) is 7.27. The fraction of sp³-hybridized carbons (Fsp3) is 0.781. The SMILES string of the molecule is COC1C(OC(=O)CC2CCC(NC(=O)CNCC(=O)C(=O)CNC(=O)CNN)CC2)CC[C@]2(CO2)C1C1(C)O[C@@H]1CC=C(C)C. The first-order valence-corrected chi connectivity index (χ1v) is 16.3. The predicted octanol–water partition coefficient (Wildman–Crippen LogP) is -0.0216. The Labute approximate surface area is 270 Å². The highest BCUT2D eigenvalue weighted by atomic mass is 16.6. The fourth-order valence-corrected chi connectivity index (χ4v) is 7.13. The molecule has 4 rings (SSSR count). The van der Waals surface area contributed by atoms with Crippen LogP contribution in [0.25, 0.3) is 0 Å². The van der Waals surface area contributed by atoms with Crippen molar-refractivity contribution in [2.24, 2.45) is 17.7 Å². The number of ether oxygens (including phenoxy) is 4. The number of ketones is 2. The van der Waals surface area contributed by atoms with Crippen LogP contribution >= 0.6 is 0 Å². The van der Waals surface area contributed by atoms with E-state index >= 15 is 0 Å². The van der Waals surface area contributed by atoms with Gasteiger partial charge in [0.25, 0.3) is 0 Å². The van der Waals surface area contributed by atoms with Gasteiger partial charge in [-0.25, -0.2) is 0 Å². The van der Waals surface area contributed by atoms with Gasteiger partial charge in [0, 0.05) is 19.6 Å². The molecule has 2 saturated carbocycles. The quantitative estimate of drug-likeness (QED) is 0.0352. The number of rotatable bonds is 17. The summed E-state index contributed by atoms with van der Waals surface area (Å²) in [6.45, 7) is 5.92. The molecule has 14 nitrogen and oxygen atoms in total. The van der Waals surface area contributed by atoms with Gasteiger partial charge in [-0.05, 0) is 71.6 Å². The van der Waals surface area contributed by atoms with E-state index in [0.29, 0.717) is 19.4 Å². The summed E-state index contributed by atoms with van der Waals surface area (Å²) in [5.74, 6) is 2.64. The molecule has 2 heterocycles. The molecule has 258 valence electrons. The van der Waals surface area contributed by atoms with Crippen LogP contribution in [0.15, 0.2) is 11.6 Å². The van der Waals surface area contributed by atoms with E-state index < -0.39 is 24.0 Å². The number of allylic oxidation sites excluding steroid dienone is 1. The summed E-state index contributed by atoms with van der Waals surface area (Å²) in [5, 5.41) is 7.90. The summed E-state index contributed by atoms with van der Waals surface area (Å²) in [6, 6.07) is -0.0319. The zero-order valence-corrected chi connectivity index (χ0v) is 27.5. The highest BCUT2D eigenvalue weighted by Crippen LogP contribution is 2.59. The molecular formula is C32H51N5O9. The molecule has 4 fully saturated rings. The molecule has 2 aliphatic carbocycles. The minimum atomic E-state index is -0.771. The topological polar surface area (TPSA) is 203 Å². The van der Waals surface area contributed by atoms with Crippen molar-refractivity contribution in [1.29, 1.82) is 0 Å². The van der Waals surface area contributed by atoms with Gasteiger partial charge >= 0.3 is 5.97 Å². The van der Waals surface area contributed by atoms with Crippen molar-refractivity contribution in [2.75, 3.05) is 39.9 Å². The van der Waals surface area contributed by atoms with E-state index in [2.05, 4.69) is 48.2 Å². The van der Waals surface area contributed by atoms with Crippen LogP contribution in [0.4, 0.5) is 0 Å². The summed E-state index contributed by atoms with van der Waals surface area (Å²) < 4.78 is 24.3. The molecule has 1 spiro atoms. The number of esters is 1. The van der Waals surface area contributed by atoms with E-state index in [1.807, 2.05) is 0 Å². The second kappa shape index (κ2) is 15.9. The number of Topliss-reactive ketones (excluding diaryl/α,β-unsaturated/α-hetero) is 2. The molecule has 4 unspecified atom stereocenters. The normalized spacial score (nSPS) is 33.1. The van der Waals surface area contributed by atoms with Gasteiger partial charge in [0.2, 0.25) is 23.4 Å². The zero-order chi connectivity index (χ0) is 33.5. The summed E-state index contributed by atoms with van der Waals surface area (Å²) in [5.41, 5.74) is 2.74. The highest BCUT2D eigenvalue weighted by Gasteiger charge is 2.72. The Morgan fingerprint density at radius 1 is 0.957 bits per heavy atom. The number of hydrazine groups is 1. The molecule has 0 aromatic carbocycles. The maximum Gasteiger partial charge on any atom is 0.306 e. The Morgan fingerprint density at radius 3 is 2.28 bits per heavy atom. The first-order chi connectivity index (χ1) is 21.9. The van der Waals surface area contributed by atoms with Crippen LogP contribution in [0.1, 0.15) is 72.1 Å². The molecule has 2 amide bonds. The Balaban J connectivity index is 1.15. The van der Waals surface area contributed by atoms with Gasteiger partial charge in [-0.2, -0.15) is 0 Å². The number of carbonyl (C=O) groups excluding carboxylic acids is 5. The number of epoxide rings is 2. The third-order valence-corrected chi connectivity index (χ3v) is 9.78. The molecule has 2 saturated heterocycles. The number of nitrogens with two attached hydrogens (primary N) is 1. The monoisotopic (exact) mass is 649 g/mol. The van der Waals surface area contributed by atoms with Gasteiger partial charge in [0.15, 0.2) is 0 Å². The van der Waals surface area contributed by atoms with E-state index in [-0.39, 0.29) is 78.9 Å². The minimum Gasteiger partial charge on any atom is -0.460 e. The third kappa shape index (κ3) is 9.41. The molecule has 2 aliphatic heterocycles. The lowest BCUT2D eigenvalue weighted by molar-refractivity contribution is -0.173. The lowest BCUT2D eigenvalue weighted by atomic mass is 9.68. The van der Waals surface area contributed by atoms with Crippen LogP contribution in [0.5, 0.6) is 0 Å². The Hall–Kier alpha value is -2.75. The number of carbonyl (C=O) groups is 5. The lowest BCUT2D eigenvalue weighted by Gasteiger charge is -2.42. The average Bonchev–Trinajstić information content (AvgIpc) is 3.93. The van der Waals surface area contributed by atoms with Crippen molar-refractivity contribution in [2.45, 2.75) is 108 Å². The van der Waals surface area contributed by atoms with Gasteiger partial charge in [-0.3, -0.25) is 35.2 Å². The maximum absolute atomic E-state index is 13.1. The van der Waals surface area contributed by atoms with E-state index in [0.717, 1.165) is 38.5 Å². The molecular weight excluding hydrogens is 598 g/mol. The van der Waals surface area contributed by atoms with Crippen LogP contribution in [0.2, 0.25) is 0 Å². The first kappa shape index (κ1) is 36.1. The predicted molar refractivity (Wildman–Crippen MR) is 166 cm³/mol. The fourth-order valence-electron chi connectivity index (χ4n) is 7.13. The van der Waals surface area contributed by atoms with Crippen LogP contribution in [-0.4, -0.2) is 105 Å². The van der Waals surface area contributed by atoms with Crippen LogP contribution in [0, 0.1) is 11.8 Å². The zero-order valence-electron chi connectivity index (χ0n) is 27.5. The van der Waals surface area contributed by atoms with Gasteiger partial charge in [0.05, 0.1) is 44.8 Å². The number of methoxy groups -OCH3 is 1. The standard InChI is InChI=1S/C32H51N5O9/c1-19(2)5-10-25-31(3,46-25)30-29(43-4)24(11-12-32(30)18-44-32)45-28(42)13-20-6-8-21(9-7-20)37-27(41)16-34-14-22(38)23(39)15-35-26(40)17-36-33/h5,20-21,24-25,29-30,34,36H,6-18,33H2,1-4H3,(H,35,40)(H,37,41)/t20?,21?,24?,25-,29?,30?,31?,32+/m1/s1. The average molecular weight is 650 g/mol. The molecule has 6 atom stereocenters. The molecule has 0 aromatic heterocycles. The van der Waals surface area contributed by atoms with Crippen LogP contribution in [0.3, 0.4) is 0 Å². The number of amides is 2. The summed E-state index contributed by atoms with van der Waals surface area (Å²) in [4.78, 5) is 60.6. The van der Waals surface area contributed by atoms with Crippen molar-refractivity contribution in [3.63, 3.8) is 0 Å². The van der Waals surface area contributed by atoms with Crippen molar-refractivity contribution < 1.29 is 42.9 Å². The van der Waals surface area contributed by atoms with E-state index in [1.54, 1.807) is 7.11 Å². The van der Waals surface area contributed by atoms with Crippen molar-refractivity contribution in [1.82, 2.24) is 21.4 Å². The molecule has 0 aromatic rings. The molecule has 4 aliphatic rings. The first-order valence-electron chi connectivity index (χ1n) is 16.3. The van der Waals surface area contributed by atoms with Crippen molar-refractivity contribution in [3.8, 4) is 0 Å². The van der Waals surface area contributed by atoms with Crippen LogP contribution < -0.4 is 27.2 Å². The Kier molecular flexibility index (Phi) is 12.5. The lowest BCUT2D eigenvalue weighted by Crippen LogP contribution is -2.55. The van der Waals surface area contributed by atoms with E-state index in [1.165, 1.54) is 5.57 Å².